The minimum absolute atomic E-state index is 0.528. The largest absolute Gasteiger partial charge is 0.0649 e. The molecule has 0 saturated heterocycles. The quantitative estimate of drug-likeness (QED) is 0.563. The summed E-state index contributed by atoms with van der Waals surface area (Å²) in [6.07, 6.45) is 8.46. The molecular weight excluding hydrogens is 132 g/mol. The summed E-state index contributed by atoms with van der Waals surface area (Å²) in [7, 11) is 0. The molecular formula is C11H21. The van der Waals surface area contributed by atoms with Crippen LogP contribution in [0.3, 0.4) is 0 Å². The molecule has 1 rings (SSSR count). The maximum atomic E-state index is 2.40. The standard InChI is InChI=1S/C11H21/c1-4-11(2,3)10-8-6-5-7-9-10/h4-9H2,1-3H3. The first-order valence-corrected chi connectivity index (χ1v) is 5.02. The Morgan fingerprint density at radius 1 is 1.09 bits per heavy atom. The molecule has 1 radical (unpaired) electrons. The molecule has 0 nitrogen and oxygen atoms in total. The third-order valence-corrected chi connectivity index (χ3v) is 3.30. The Kier molecular flexibility index (Phi) is 2.98. The van der Waals surface area contributed by atoms with E-state index in [-0.39, 0.29) is 0 Å². The predicted octanol–water partition coefficient (Wildman–Crippen LogP) is 3.96. The van der Waals surface area contributed by atoms with Gasteiger partial charge in [-0.05, 0) is 24.2 Å². The van der Waals surface area contributed by atoms with Crippen LogP contribution >= 0.6 is 0 Å². The van der Waals surface area contributed by atoms with Crippen molar-refractivity contribution in [3.05, 3.63) is 5.92 Å². The van der Waals surface area contributed by atoms with E-state index in [4.69, 9.17) is 0 Å². The van der Waals surface area contributed by atoms with Gasteiger partial charge in [-0.1, -0.05) is 46.5 Å². The summed E-state index contributed by atoms with van der Waals surface area (Å²) in [6.45, 7) is 7.10. The van der Waals surface area contributed by atoms with Gasteiger partial charge in [0.15, 0.2) is 0 Å². The SMILES string of the molecule is CCC(C)(C)[C]1CCCCC1. The van der Waals surface area contributed by atoms with Gasteiger partial charge >= 0.3 is 0 Å². The Bertz CT molecular complexity index is 107. The molecule has 0 aromatic carbocycles. The van der Waals surface area contributed by atoms with Gasteiger partial charge in [-0.2, -0.15) is 0 Å². The van der Waals surface area contributed by atoms with Crippen molar-refractivity contribution < 1.29 is 0 Å². The Balaban J connectivity index is 2.43. The molecule has 0 amide bonds. The van der Waals surface area contributed by atoms with Gasteiger partial charge in [0.1, 0.15) is 0 Å². The van der Waals surface area contributed by atoms with Crippen molar-refractivity contribution >= 4 is 0 Å². The number of rotatable bonds is 2. The van der Waals surface area contributed by atoms with Gasteiger partial charge in [0.25, 0.3) is 0 Å². The molecule has 0 heteroatoms. The molecule has 65 valence electrons. The van der Waals surface area contributed by atoms with Crippen LogP contribution in [0.5, 0.6) is 0 Å². The molecule has 0 N–H and O–H groups in total. The van der Waals surface area contributed by atoms with E-state index in [9.17, 15) is 0 Å². The van der Waals surface area contributed by atoms with Crippen LogP contribution in [0.1, 0.15) is 59.3 Å². The lowest BCUT2D eigenvalue weighted by atomic mass is 9.70. The minimum Gasteiger partial charge on any atom is -0.0649 e. The Hall–Kier alpha value is 0. The van der Waals surface area contributed by atoms with E-state index >= 15 is 0 Å². The Morgan fingerprint density at radius 3 is 2.09 bits per heavy atom. The van der Waals surface area contributed by atoms with Crippen LogP contribution in [0.2, 0.25) is 0 Å². The molecule has 1 saturated carbocycles. The first-order chi connectivity index (χ1) is 5.17. The van der Waals surface area contributed by atoms with Crippen molar-refractivity contribution in [1.82, 2.24) is 0 Å². The maximum Gasteiger partial charge on any atom is -0.0185 e. The normalized spacial score (nSPS) is 22.1. The molecule has 0 unspecified atom stereocenters. The van der Waals surface area contributed by atoms with E-state index in [0.717, 1.165) is 0 Å². The van der Waals surface area contributed by atoms with Crippen LogP contribution in [0.4, 0.5) is 0 Å². The first kappa shape index (κ1) is 9.09. The topological polar surface area (TPSA) is 0 Å². The van der Waals surface area contributed by atoms with Gasteiger partial charge in [0, 0.05) is 0 Å². The highest BCUT2D eigenvalue weighted by Gasteiger charge is 2.28. The zero-order valence-electron chi connectivity index (χ0n) is 8.24. The summed E-state index contributed by atoms with van der Waals surface area (Å²) in [5.41, 5.74) is 0.528. The summed E-state index contributed by atoms with van der Waals surface area (Å²) in [5.74, 6) is 1.83. The first-order valence-electron chi connectivity index (χ1n) is 5.02. The van der Waals surface area contributed by atoms with Crippen molar-refractivity contribution in [1.29, 1.82) is 0 Å². The summed E-state index contributed by atoms with van der Waals surface area (Å²) >= 11 is 0. The lowest BCUT2D eigenvalue weighted by molar-refractivity contribution is 0.303. The van der Waals surface area contributed by atoms with Crippen molar-refractivity contribution in [2.45, 2.75) is 59.3 Å². The van der Waals surface area contributed by atoms with Gasteiger partial charge in [-0.15, -0.1) is 0 Å². The highest BCUT2D eigenvalue weighted by Crippen LogP contribution is 2.41. The second-order valence-corrected chi connectivity index (χ2v) is 4.40. The lowest BCUT2D eigenvalue weighted by Crippen LogP contribution is -2.23. The van der Waals surface area contributed by atoms with E-state index in [1.807, 2.05) is 5.92 Å². The van der Waals surface area contributed by atoms with Crippen molar-refractivity contribution in [3.8, 4) is 0 Å². The number of hydrogen-bond donors (Lipinski definition) is 0. The average molecular weight is 153 g/mol. The van der Waals surface area contributed by atoms with Gasteiger partial charge in [-0.3, -0.25) is 0 Å². The van der Waals surface area contributed by atoms with Gasteiger partial charge < -0.3 is 0 Å². The summed E-state index contributed by atoms with van der Waals surface area (Å²) < 4.78 is 0. The summed E-state index contributed by atoms with van der Waals surface area (Å²) in [4.78, 5) is 0. The van der Waals surface area contributed by atoms with Gasteiger partial charge in [-0.25, -0.2) is 0 Å². The summed E-state index contributed by atoms with van der Waals surface area (Å²) in [6, 6.07) is 0. The van der Waals surface area contributed by atoms with Crippen LogP contribution in [-0.2, 0) is 0 Å². The fraction of sp³-hybridized carbons (Fsp3) is 0.909. The lowest BCUT2D eigenvalue weighted by Gasteiger charge is -2.35. The second kappa shape index (κ2) is 3.60. The monoisotopic (exact) mass is 153 g/mol. The third-order valence-electron chi connectivity index (χ3n) is 3.30. The fourth-order valence-corrected chi connectivity index (χ4v) is 1.91. The molecule has 0 aromatic heterocycles. The van der Waals surface area contributed by atoms with Crippen LogP contribution in [-0.4, -0.2) is 0 Å². The fourth-order valence-electron chi connectivity index (χ4n) is 1.91. The average Bonchev–Trinajstić information content (AvgIpc) is 2.06. The zero-order valence-corrected chi connectivity index (χ0v) is 8.24. The molecule has 0 aliphatic heterocycles. The van der Waals surface area contributed by atoms with E-state index in [1.165, 1.54) is 38.5 Å². The van der Waals surface area contributed by atoms with Gasteiger partial charge in [0.05, 0.1) is 0 Å². The molecule has 1 aliphatic carbocycles. The molecule has 0 spiro atoms. The molecule has 1 aliphatic rings. The van der Waals surface area contributed by atoms with Gasteiger partial charge in [0.2, 0.25) is 0 Å². The maximum absolute atomic E-state index is 2.40. The van der Waals surface area contributed by atoms with Crippen LogP contribution in [0.15, 0.2) is 0 Å². The molecule has 0 atom stereocenters. The minimum atomic E-state index is 0.528. The van der Waals surface area contributed by atoms with Crippen molar-refractivity contribution in [2.24, 2.45) is 5.41 Å². The summed E-state index contributed by atoms with van der Waals surface area (Å²) in [5, 5.41) is 0. The Labute approximate surface area is 71.4 Å². The predicted molar refractivity (Wildman–Crippen MR) is 50.4 cm³/mol. The molecule has 11 heavy (non-hydrogen) atoms. The van der Waals surface area contributed by atoms with E-state index in [0.29, 0.717) is 5.41 Å². The molecule has 0 heterocycles. The smallest absolute Gasteiger partial charge is 0.0185 e. The van der Waals surface area contributed by atoms with E-state index in [2.05, 4.69) is 20.8 Å². The molecule has 1 fully saturated rings. The number of hydrogen-bond acceptors (Lipinski definition) is 0. The second-order valence-electron chi connectivity index (χ2n) is 4.40. The van der Waals surface area contributed by atoms with E-state index < -0.39 is 0 Å². The van der Waals surface area contributed by atoms with Crippen LogP contribution in [0.25, 0.3) is 0 Å². The van der Waals surface area contributed by atoms with Crippen molar-refractivity contribution in [2.75, 3.05) is 0 Å². The zero-order chi connectivity index (χ0) is 8.32. The molecule has 0 bridgehead atoms. The van der Waals surface area contributed by atoms with Crippen molar-refractivity contribution in [3.63, 3.8) is 0 Å². The highest BCUT2D eigenvalue weighted by atomic mass is 14.3. The third kappa shape index (κ3) is 2.21. The van der Waals surface area contributed by atoms with E-state index in [1.54, 1.807) is 0 Å². The highest BCUT2D eigenvalue weighted by molar-refractivity contribution is 5.03. The molecule has 0 aromatic rings. The van der Waals surface area contributed by atoms with Crippen LogP contribution in [0, 0.1) is 11.3 Å². The van der Waals surface area contributed by atoms with Crippen LogP contribution < -0.4 is 0 Å². The Morgan fingerprint density at radius 2 is 1.64 bits per heavy atom.